The molecule has 1 aromatic heterocycles. The van der Waals surface area contributed by atoms with Crippen molar-refractivity contribution in [3.05, 3.63) is 30.1 Å². The molecule has 16 heavy (non-hydrogen) atoms. The molecule has 0 atom stereocenters. The first kappa shape index (κ1) is 12.8. The molecule has 0 aliphatic carbocycles. The van der Waals surface area contributed by atoms with Gasteiger partial charge in [-0.05, 0) is 18.4 Å². The number of hydrogen-bond donors (Lipinski definition) is 2. The van der Waals surface area contributed by atoms with Crippen LogP contribution in [-0.4, -0.2) is 36.5 Å². The molecular formula is C11H18N4S. The summed E-state index contributed by atoms with van der Waals surface area (Å²) in [6.45, 7) is 1.61. The Hall–Kier alpha value is -1.23. The maximum absolute atomic E-state index is 4.23. The minimum Gasteiger partial charge on any atom is -0.356 e. The summed E-state index contributed by atoms with van der Waals surface area (Å²) in [5.74, 6) is 1.89. The first-order valence-electron chi connectivity index (χ1n) is 5.20. The molecule has 0 saturated carbocycles. The van der Waals surface area contributed by atoms with Gasteiger partial charge in [-0.2, -0.15) is 11.8 Å². The zero-order valence-corrected chi connectivity index (χ0v) is 10.5. The summed E-state index contributed by atoms with van der Waals surface area (Å²) < 4.78 is 0. The van der Waals surface area contributed by atoms with Crippen LogP contribution in [0.3, 0.4) is 0 Å². The van der Waals surface area contributed by atoms with Gasteiger partial charge in [0.25, 0.3) is 0 Å². The fourth-order valence-corrected chi connectivity index (χ4v) is 1.48. The number of aromatic nitrogens is 1. The van der Waals surface area contributed by atoms with Crippen LogP contribution in [0.5, 0.6) is 0 Å². The summed E-state index contributed by atoms with van der Waals surface area (Å²) in [5, 5.41) is 6.44. The third kappa shape index (κ3) is 5.02. The van der Waals surface area contributed by atoms with Crippen LogP contribution in [0.15, 0.2) is 29.4 Å². The predicted molar refractivity (Wildman–Crippen MR) is 70.8 cm³/mol. The molecule has 2 N–H and O–H groups in total. The van der Waals surface area contributed by atoms with Gasteiger partial charge in [-0.3, -0.25) is 9.98 Å². The number of pyridine rings is 1. The molecule has 0 fully saturated rings. The van der Waals surface area contributed by atoms with Crippen molar-refractivity contribution >= 4 is 17.7 Å². The van der Waals surface area contributed by atoms with E-state index in [0.717, 1.165) is 24.0 Å². The van der Waals surface area contributed by atoms with Crippen molar-refractivity contribution in [2.24, 2.45) is 4.99 Å². The van der Waals surface area contributed by atoms with Crippen molar-refractivity contribution < 1.29 is 0 Å². The Labute approximate surface area is 101 Å². The normalized spacial score (nSPS) is 11.2. The average Bonchev–Trinajstić information content (AvgIpc) is 2.35. The molecule has 0 aromatic carbocycles. The Balaban J connectivity index is 2.29. The van der Waals surface area contributed by atoms with Gasteiger partial charge in [0.15, 0.2) is 5.96 Å². The Kier molecular flexibility index (Phi) is 6.41. The van der Waals surface area contributed by atoms with Crippen molar-refractivity contribution in [3.63, 3.8) is 0 Å². The van der Waals surface area contributed by atoms with Gasteiger partial charge in [-0.25, -0.2) is 0 Å². The molecular weight excluding hydrogens is 220 g/mol. The lowest BCUT2D eigenvalue weighted by molar-refractivity contribution is 0.813. The topological polar surface area (TPSA) is 49.3 Å². The monoisotopic (exact) mass is 238 g/mol. The molecule has 1 heterocycles. The van der Waals surface area contributed by atoms with Crippen molar-refractivity contribution in [2.45, 2.75) is 6.54 Å². The minimum absolute atomic E-state index is 0.694. The van der Waals surface area contributed by atoms with E-state index in [0.29, 0.717) is 6.54 Å². The molecule has 5 heteroatoms. The summed E-state index contributed by atoms with van der Waals surface area (Å²) in [4.78, 5) is 8.36. The second-order valence-corrected chi connectivity index (χ2v) is 4.15. The third-order valence-electron chi connectivity index (χ3n) is 1.99. The lowest BCUT2D eigenvalue weighted by atomic mass is 10.3. The second-order valence-electron chi connectivity index (χ2n) is 3.17. The van der Waals surface area contributed by atoms with Crippen LogP contribution in [0.2, 0.25) is 0 Å². The fourth-order valence-electron chi connectivity index (χ4n) is 1.17. The average molecular weight is 238 g/mol. The number of nitrogens with zero attached hydrogens (tertiary/aromatic N) is 2. The third-order valence-corrected chi connectivity index (χ3v) is 2.60. The zero-order chi connectivity index (χ0) is 11.6. The molecule has 0 radical (unpaired) electrons. The summed E-state index contributed by atoms with van der Waals surface area (Å²) in [6, 6.07) is 5.88. The molecule has 0 saturated heterocycles. The molecule has 4 nitrogen and oxygen atoms in total. The highest BCUT2D eigenvalue weighted by molar-refractivity contribution is 7.98. The van der Waals surface area contributed by atoms with E-state index < -0.39 is 0 Å². The van der Waals surface area contributed by atoms with Crippen LogP contribution in [0.4, 0.5) is 0 Å². The van der Waals surface area contributed by atoms with Gasteiger partial charge in [-0.15, -0.1) is 0 Å². The highest BCUT2D eigenvalue weighted by atomic mass is 32.2. The van der Waals surface area contributed by atoms with Gasteiger partial charge in [-0.1, -0.05) is 6.07 Å². The quantitative estimate of drug-likeness (QED) is 0.458. The molecule has 0 amide bonds. The molecule has 0 unspecified atom stereocenters. The standard InChI is InChI=1S/C11H18N4S/c1-12-11(14-7-8-16-2)15-9-10-5-3-4-6-13-10/h3-6H,7-9H2,1-2H3,(H2,12,14,15). The number of rotatable bonds is 5. The summed E-state index contributed by atoms with van der Waals surface area (Å²) in [7, 11) is 1.77. The van der Waals surface area contributed by atoms with E-state index >= 15 is 0 Å². The molecule has 0 bridgehead atoms. The SMILES string of the molecule is CN=C(NCCSC)NCc1ccccn1. The van der Waals surface area contributed by atoms with E-state index in [1.807, 2.05) is 30.0 Å². The largest absolute Gasteiger partial charge is 0.356 e. The van der Waals surface area contributed by atoms with E-state index in [1.165, 1.54) is 0 Å². The van der Waals surface area contributed by atoms with Crippen LogP contribution in [-0.2, 0) is 6.54 Å². The minimum atomic E-state index is 0.694. The molecule has 0 aliphatic rings. The molecule has 1 rings (SSSR count). The van der Waals surface area contributed by atoms with Crippen LogP contribution in [0.25, 0.3) is 0 Å². The maximum Gasteiger partial charge on any atom is 0.191 e. The second kappa shape index (κ2) is 7.98. The first-order chi connectivity index (χ1) is 7.86. The van der Waals surface area contributed by atoms with Crippen LogP contribution < -0.4 is 10.6 Å². The highest BCUT2D eigenvalue weighted by Crippen LogP contribution is 1.92. The summed E-state index contributed by atoms with van der Waals surface area (Å²) in [5.41, 5.74) is 1.01. The van der Waals surface area contributed by atoms with Gasteiger partial charge in [0.05, 0.1) is 12.2 Å². The maximum atomic E-state index is 4.23. The lowest BCUT2D eigenvalue weighted by Gasteiger charge is -2.10. The number of thioether (sulfide) groups is 1. The Morgan fingerprint density at radius 3 is 2.94 bits per heavy atom. The zero-order valence-electron chi connectivity index (χ0n) is 9.73. The Morgan fingerprint density at radius 1 is 1.44 bits per heavy atom. The predicted octanol–water partition coefficient (Wildman–Crippen LogP) is 1.11. The summed E-state index contributed by atoms with van der Waals surface area (Å²) >= 11 is 1.81. The lowest BCUT2D eigenvalue weighted by Crippen LogP contribution is -2.38. The highest BCUT2D eigenvalue weighted by Gasteiger charge is 1.97. The Morgan fingerprint density at radius 2 is 2.31 bits per heavy atom. The molecule has 0 aliphatic heterocycles. The van der Waals surface area contributed by atoms with Crippen molar-refractivity contribution in [1.82, 2.24) is 15.6 Å². The van der Waals surface area contributed by atoms with E-state index in [4.69, 9.17) is 0 Å². The molecule has 88 valence electrons. The summed E-state index contributed by atoms with van der Waals surface area (Å²) in [6.07, 6.45) is 3.88. The van der Waals surface area contributed by atoms with Gasteiger partial charge in [0.1, 0.15) is 0 Å². The molecule has 1 aromatic rings. The van der Waals surface area contributed by atoms with Crippen LogP contribution in [0, 0.1) is 0 Å². The van der Waals surface area contributed by atoms with E-state index in [1.54, 1.807) is 13.2 Å². The van der Waals surface area contributed by atoms with Crippen molar-refractivity contribution in [3.8, 4) is 0 Å². The van der Waals surface area contributed by atoms with Gasteiger partial charge >= 0.3 is 0 Å². The van der Waals surface area contributed by atoms with Gasteiger partial charge in [0.2, 0.25) is 0 Å². The van der Waals surface area contributed by atoms with E-state index in [-0.39, 0.29) is 0 Å². The van der Waals surface area contributed by atoms with Crippen molar-refractivity contribution in [1.29, 1.82) is 0 Å². The molecule has 0 spiro atoms. The number of nitrogens with one attached hydrogen (secondary N) is 2. The smallest absolute Gasteiger partial charge is 0.191 e. The van der Waals surface area contributed by atoms with Gasteiger partial charge < -0.3 is 10.6 Å². The van der Waals surface area contributed by atoms with E-state index in [9.17, 15) is 0 Å². The van der Waals surface area contributed by atoms with Crippen LogP contribution in [0.1, 0.15) is 5.69 Å². The van der Waals surface area contributed by atoms with E-state index in [2.05, 4.69) is 26.9 Å². The van der Waals surface area contributed by atoms with Crippen molar-refractivity contribution in [2.75, 3.05) is 25.6 Å². The van der Waals surface area contributed by atoms with Crippen LogP contribution >= 0.6 is 11.8 Å². The number of aliphatic imine (C=N–C) groups is 1. The number of hydrogen-bond acceptors (Lipinski definition) is 3. The van der Waals surface area contributed by atoms with Gasteiger partial charge in [0, 0.05) is 25.5 Å². The first-order valence-corrected chi connectivity index (χ1v) is 6.59. The Bertz CT molecular complexity index is 313. The fraction of sp³-hybridized carbons (Fsp3) is 0.455. The number of guanidine groups is 1.